The highest BCUT2D eigenvalue weighted by molar-refractivity contribution is 5.09. The second-order valence-electron chi connectivity index (χ2n) is 11.1. The molecule has 0 saturated heterocycles. The van der Waals surface area contributed by atoms with Gasteiger partial charge in [-0.15, -0.1) is 0 Å². The molecule has 8 atom stereocenters. The predicted molar refractivity (Wildman–Crippen MR) is 109 cm³/mol. The minimum absolute atomic E-state index is 0.705. The highest BCUT2D eigenvalue weighted by Gasteiger charge is 2.60. The third kappa shape index (κ3) is 2.75. The van der Waals surface area contributed by atoms with Gasteiger partial charge in [-0.1, -0.05) is 47.0 Å². The lowest BCUT2D eigenvalue weighted by Gasteiger charge is -2.61. The van der Waals surface area contributed by atoms with Crippen molar-refractivity contribution in [3.05, 3.63) is 0 Å². The van der Waals surface area contributed by atoms with Crippen LogP contribution in [0.1, 0.15) is 111 Å². The van der Waals surface area contributed by atoms with Gasteiger partial charge in [0.1, 0.15) is 0 Å². The molecule has 4 rings (SSSR count). The van der Waals surface area contributed by atoms with E-state index in [-0.39, 0.29) is 0 Å². The molecule has 0 aliphatic heterocycles. The second-order valence-corrected chi connectivity index (χ2v) is 11.1. The van der Waals surface area contributed by atoms with E-state index in [1.165, 1.54) is 32.1 Å². The Morgan fingerprint density at radius 3 is 2.48 bits per heavy atom. The second kappa shape index (κ2) is 6.87. The lowest BCUT2D eigenvalue weighted by Crippen LogP contribution is -2.53. The zero-order valence-electron chi connectivity index (χ0n) is 17.7. The van der Waals surface area contributed by atoms with Crippen LogP contribution < -0.4 is 0 Å². The van der Waals surface area contributed by atoms with Gasteiger partial charge < -0.3 is 0 Å². The standard InChI is InChI=1S/C25H44/c1-5-7-8-19-10-12-23-21-11-9-20-17-18(3)13-15-24(20,4)22(21)14-16-25(19,23)6-2/h18-23H,5-17H2,1-4H3. The van der Waals surface area contributed by atoms with Gasteiger partial charge >= 0.3 is 0 Å². The van der Waals surface area contributed by atoms with Gasteiger partial charge in [-0.25, -0.2) is 0 Å². The molecule has 4 aliphatic rings. The molecule has 0 N–H and O–H groups in total. The SMILES string of the molecule is CCCCC1CCC2C3CCC4CC(C)CCC4(C)C3CCC12CC. The fraction of sp³-hybridized carbons (Fsp3) is 1.00. The predicted octanol–water partition coefficient (Wildman–Crippen LogP) is 7.86. The van der Waals surface area contributed by atoms with E-state index in [4.69, 9.17) is 0 Å². The van der Waals surface area contributed by atoms with Crippen molar-refractivity contribution in [2.75, 3.05) is 0 Å². The number of rotatable bonds is 4. The van der Waals surface area contributed by atoms with Crippen molar-refractivity contribution < 1.29 is 0 Å². The first-order chi connectivity index (χ1) is 12.0. The molecule has 0 nitrogen and oxygen atoms in total. The molecule has 4 fully saturated rings. The molecule has 0 aromatic rings. The van der Waals surface area contributed by atoms with Crippen LogP contribution >= 0.6 is 0 Å². The summed E-state index contributed by atoms with van der Waals surface area (Å²) in [6.07, 6.45) is 20.0. The topological polar surface area (TPSA) is 0 Å². The van der Waals surface area contributed by atoms with Crippen LogP contribution in [-0.2, 0) is 0 Å². The van der Waals surface area contributed by atoms with Gasteiger partial charge in [0.25, 0.3) is 0 Å². The van der Waals surface area contributed by atoms with E-state index in [2.05, 4.69) is 27.7 Å². The molecular weight excluding hydrogens is 300 g/mol. The Morgan fingerprint density at radius 2 is 1.72 bits per heavy atom. The van der Waals surface area contributed by atoms with Crippen LogP contribution in [0.3, 0.4) is 0 Å². The lowest BCUT2D eigenvalue weighted by atomic mass is 9.43. The van der Waals surface area contributed by atoms with Crippen LogP contribution in [0.2, 0.25) is 0 Å². The average molecular weight is 345 g/mol. The molecule has 0 aromatic heterocycles. The summed E-state index contributed by atoms with van der Waals surface area (Å²) in [6, 6.07) is 0. The van der Waals surface area contributed by atoms with Gasteiger partial charge in [0.2, 0.25) is 0 Å². The minimum atomic E-state index is 0.705. The first kappa shape index (κ1) is 18.4. The number of unbranched alkanes of at least 4 members (excludes halogenated alkanes) is 1. The minimum Gasteiger partial charge on any atom is -0.0654 e. The molecular formula is C25H44. The summed E-state index contributed by atoms with van der Waals surface area (Å²) in [5.74, 6) is 6.39. The van der Waals surface area contributed by atoms with Crippen molar-refractivity contribution in [3.8, 4) is 0 Å². The first-order valence-electron chi connectivity index (χ1n) is 12.0. The van der Waals surface area contributed by atoms with Crippen molar-refractivity contribution in [2.45, 2.75) is 111 Å². The number of hydrogen-bond acceptors (Lipinski definition) is 0. The molecule has 8 unspecified atom stereocenters. The monoisotopic (exact) mass is 344 g/mol. The third-order valence-electron chi connectivity index (χ3n) is 10.4. The molecule has 0 aromatic carbocycles. The van der Waals surface area contributed by atoms with Crippen molar-refractivity contribution in [1.29, 1.82) is 0 Å². The molecule has 0 radical (unpaired) electrons. The smallest absolute Gasteiger partial charge is 0.0241 e. The van der Waals surface area contributed by atoms with Crippen molar-refractivity contribution in [3.63, 3.8) is 0 Å². The maximum atomic E-state index is 2.74. The molecule has 0 heterocycles. The summed E-state index contributed by atoms with van der Waals surface area (Å²) in [5.41, 5.74) is 1.46. The zero-order valence-corrected chi connectivity index (χ0v) is 17.7. The summed E-state index contributed by atoms with van der Waals surface area (Å²) in [7, 11) is 0. The van der Waals surface area contributed by atoms with Gasteiger partial charge in [-0.05, 0) is 111 Å². The zero-order chi connectivity index (χ0) is 17.7. The van der Waals surface area contributed by atoms with E-state index in [0.717, 1.165) is 40.9 Å². The maximum Gasteiger partial charge on any atom is -0.0241 e. The Balaban J connectivity index is 1.57. The van der Waals surface area contributed by atoms with Gasteiger partial charge in [0.05, 0.1) is 0 Å². The highest BCUT2D eigenvalue weighted by atomic mass is 14.6. The third-order valence-corrected chi connectivity index (χ3v) is 10.4. The van der Waals surface area contributed by atoms with E-state index in [1.54, 1.807) is 51.4 Å². The highest BCUT2D eigenvalue weighted by Crippen LogP contribution is 2.69. The van der Waals surface area contributed by atoms with Gasteiger partial charge in [-0.3, -0.25) is 0 Å². The Labute approximate surface area is 157 Å². The Morgan fingerprint density at radius 1 is 0.880 bits per heavy atom. The molecule has 0 heteroatoms. The summed E-state index contributed by atoms with van der Waals surface area (Å²) in [5, 5.41) is 0. The van der Waals surface area contributed by atoms with Crippen LogP contribution in [0.15, 0.2) is 0 Å². The van der Waals surface area contributed by atoms with Gasteiger partial charge in [0.15, 0.2) is 0 Å². The quantitative estimate of drug-likeness (QED) is 0.487. The van der Waals surface area contributed by atoms with Crippen molar-refractivity contribution in [1.82, 2.24) is 0 Å². The van der Waals surface area contributed by atoms with Crippen LogP contribution in [0, 0.1) is 46.3 Å². The van der Waals surface area contributed by atoms with E-state index in [1.807, 2.05) is 0 Å². The van der Waals surface area contributed by atoms with E-state index >= 15 is 0 Å². The molecule has 4 aliphatic carbocycles. The molecule has 144 valence electrons. The molecule has 4 saturated carbocycles. The summed E-state index contributed by atoms with van der Waals surface area (Å²) < 4.78 is 0. The molecule has 0 amide bonds. The number of fused-ring (bicyclic) bond motifs is 5. The Kier molecular flexibility index (Phi) is 5.04. The Hall–Kier alpha value is 0. The van der Waals surface area contributed by atoms with Crippen molar-refractivity contribution in [2.24, 2.45) is 46.3 Å². The Bertz CT molecular complexity index is 467. The summed E-state index contributed by atoms with van der Waals surface area (Å²) in [6.45, 7) is 10.2. The number of hydrogen-bond donors (Lipinski definition) is 0. The van der Waals surface area contributed by atoms with Crippen molar-refractivity contribution >= 4 is 0 Å². The first-order valence-corrected chi connectivity index (χ1v) is 12.0. The van der Waals surface area contributed by atoms with E-state index in [0.29, 0.717) is 5.41 Å². The molecule has 0 spiro atoms. The normalized spacial score (nSPS) is 52.3. The molecule has 25 heavy (non-hydrogen) atoms. The lowest BCUT2D eigenvalue weighted by molar-refractivity contribution is -0.123. The largest absolute Gasteiger partial charge is 0.0654 e. The fourth-order valence-electron chi connectivity index (χ4n) is 9.00. The van der Waals surface area contributed by atoms with Crippen LogP contribution in [-0.4, -0.2) is 0 Å². The van der Waals surface area contributed by atoms with Crippen LogP contribution in [0.5, 0.6) is 0 Å². The maximum absolute atomic E-state index is 2.74. The van der Waals surface area contributed by atoms with Crippen LogP contribution in [0.4, 0.5) is 0 Å². The fourth-order valence-corrected chi connectivity index (χ4v) is 9.00. The summed E-state index contributed by atoms with van der Waals surface area (Å²) in [4.78, 5) is 0. The average Bonchev–Trinajstić information content (AvgIpc) is 2.99. The van der Waals surface area contributed by atoms with Gasteiger partial charge in [0, 0.05) is 0 Å². The van der Waals surface area contributed by atoms with E-state index < -0.39 is 0 Å². The van der Waals surface area contributed by atoms with E-state index in [9.17, 15) is 0 Å². The summed E-state index contributed by atoms with van der Waals surface area (Å²) >= 11 is 0. The molecule has 0 bridgehead atoms. The van der Waals surface area contributed by atoms with Gasteiger partial charge in [-0.2, -0.15) is 0 Å². The van der Waals surface area contributed by atoms with Crippen LogP contribution in [0.25, 0.3) is 0 Å².